The third kappa shape index (κ3) is 3.42. The zero-order valence-electron chi connectivity index (χ0n) is 17.5. The minimum atomic E-state index is -0.687. The lowest BCUT2D eigenvalue weighted by molar-refractivity contribution is 0.518. The lowest BCUT2D eigenvalue weighted by Crippen LogP contribution is -2.25. The molecule has 4 aromatic heterocycles. The molecule has 0 N–H and O–H groups in total. The van der Waals surface area contributed by atoms with Crippen LogP contribution in [0.1, 0.15) is 24.6 Å². The zero-order chi connectivity index (χ0) is 22.4. The van der Waals surface area contributed by atoms with E-state index in [0.717, 1.165) is 35.4 Å². The maximum atomic E-state index is 14.4. The standard InChI is InChI=1S/C24H19F2N7/c25-18-8-9-21(26)29-23(18)19-7-4-11-31(19)22-10-12-32-24(30-22)20(14-28-32)33-15-17(13-27-33)16-5-2-1-3-6-16/h1-3,5-6,8-10,12-15,19H,4,7,11H2/t19-/m0/s1. The molecule has 0 bridgehead atoms. The number of anilines is 1. The van der Waals surface area contributed by atoms with E-state index in [9.17, 15) is 8.78 Å². The van der Waals surface area contributed by atoms with Crippen molar-refractivity contribution in [1.29, 1.82) is 0 Å². The highest BCUT2D eigenvalue weighted by atomic mass is 19.1. The van der Waals surface area contributed by atoms with Crippen molar-refractivity contribution in [2.75, 3.05) is 11.4 Å². The smallest absolute Gasteiger partial charge is 0.213 e. The monoisotopic (exact) mass is 443 g/mol. The largest absolute Gasteiger partial charge is 0.348 e. The molecule has 0 amide bonds. The quantitative estimate of drug-likeness (QED) is 0.380. The first-order valence-electron chi connectivity index (χ1n) is 10.7. The Bertz CT molecular complexity index is 1440. The van der Waals surface area contributed by atoms with E-state index < -0.39 is 11.8 Å². The molecule has 1 saturated heterocycles. The van der Waals surface area contributed by atoms with Crippen molar-refractivity contribution < 1.29 is 8.78 Å². The van der Waals surface area contributed by atoms with Crippen molar-refractivity contribution >= 4 is 11.5 Å². The first-order valence-corrected chi connectivity index (χ1v) is 10.7. The molecule has 0 unspecified atom stereocenters. The molecule has 1 aromatic carbocycles. The van der Waals surface area contributed by atoms with Gasteiger partial charge in [-0.25, -0.2) is 23.6 Å². The van der Waals surface area contributed by atoms with E-state index in [1.165, 1.54) is 0 Å². The first-order chi connectivity index (χ1) is 16.2. The van der Waals surface area contributed by atoms with Crippen molar-refractivity contribution in [3.8, 4) is 16.8 Å². The number of aromatic nitrogens is 6. The van der Waals surface area contributed by atoms with Crippen molar-refractivity contribution in [3.63, 3.8) is 0 Å². The minimum Gasteiger partial charge on any atom is -0.348 e. The normalized spacial score (nSPS) is 16.1. The zero-order valence-corrected chi connectivity index (χ0v) is 17.5. The molecule has 5 heterocycles. The summed E-state index contributed by atoms with van der Waals surface area (Å²) in [5.74, 6) is -0.537. The molecule has 1 aliphatic rings. The molecule has 164 valence electrons. The van der Waals surface area contributed by atoms with Crippen LogP contribution >= 0.6 is 0 Å². The molecule has 0 spiro atoms. The fraction of sp³-hybridized carbons (Fsp3) is 0.167. The maximum Gasteiger partial charge on any atom is 0.213 e. The maximum absolute atomic E-state index is 14.4. The number of nitrogens with zero attached hydrogens (tertiary/aromatic N) is 7. The molecule has 7 nitrogen and oxygen atoms in total. The highest BCUT2D eigenvalue weighted by molar-refractivity contribution is 5.65. The minimum absolute atomic E-state index is 0.113. The number of pyridine rings is 1. The van der Waals surface area contributed by atoms with Crippen LogP contribution in [0.3, 0.4) is 0 Å². The Labute approximate surface area is 188 Å². The van der Waals surface area contributed by atoms with Gasteiger partial charge in [-0.2, -0.15) is 14.6 Å². The van der Waals surface area contributed by atoms with Gasteiger partial charge in [0.05, 0.1) is 18.4 Å². The van der Waals surface area contributed by atoms with Gasteiger partial charge in [0, 0.05) is 24.5 Å². The van der Waals surface area contributed by atoms with E-state index >= 15 is 0 Å². The second-order valence-electron chi connectivity index (χ2n) is 7.98. The van der Waals surface area contributed by atoms with Gasteiger partial charge >= 0.3 is 0 Å². The Hall–Kier alpha value is -4.14. The van der Waals surface area contributed by atoms with Gasteiger partial charge in [0.25, 0.3) is 0 Å². The van der Waals surface area contributed by atoms with Gasteiger partial charge in [-0.1, -0.05) is 30.3 Å². The number of fused-ring (bicyclic) bond motifs is 1. The van der Waals surface area contributed by atoms with E-state index in [2.05, 4.69) is 15.2 Å². The van der Waals surface area contributed by atoms with E-state index in [1.807, 2.05) is 53.7 Å². The molecule has 1 fully saturated rings. The third-order valence-corrected chi connectivity index (χ3v) is 5.97. The molecule has 1 atom stereocenters. The Morgan fingerprint density at radius 3 is 2.64 bits per heavy atom. The summed E-state index contributed by atoms with van der Waals surface area (Å²) >= 11 is 0. The summed E-state index contributed by atoms with van der Waals surface area (Å²) in [7, 11) is 0. The molecule has 0 radical (unpaired) electrons. The van der Waals surface area contributed by atoms with Crippen molar-refractivity contribution in [3.05, 3.63) is 90.8 Å². The Balaban J connectivity index is 1.38. The summed E-state index contributed by atoms with van der Waals surface area (Å²) in [6.07, 6.45) is 8.77. The number of hydrogen-bond donors (Lipinski definition) is 0. The van der Waals surface area contributed by atoms with Crippen LogP contribution < -0.4 is 4.90 Å². The Morgan fingerprint density at radius 1 is 0.879 bits per heavy atom. The molecule has 1 aliphatic heterocycles. The van der Waals surface area contributed by atoms with Crippen molar-refractivity contribution in [1.82, 2.24) is 29.4 Å². The number of rotatable bonds is 4. The summed E-state index contributed by atoms with van der Waals surface area (Å²) in [6, 6.07) is 13.6. The molecule has 6 rings (SSSR count). The van der Waals surface area contributed by atoms with Crippen LogP contribution in [-0.2, 0) is 0 Å². The lowest BCUT2D eigenvalue weighted by Gasteiger charge is -2.25. The van der Waals surface area contributed by atoms with Gasteiger partial charge in [-0.3, -0.25) is 0 Å². The van der Waals surface area contributed by atoms with Crippen LogP contribution in [0.4, 0.5) is 14.6 Å². The SMILES string of the molecule is Fc1ccc(F)c([C@@H]2CCCN2c2ccn3ncc(-n4cc(-c5ccccc5)cn4)c3n2)n1. The van der Waals surface area contributed by atoms with Gasteiger partial charge in [0.2, 0.25) is 5.95 Å². The second kappa shape index (κ2) is 7.77. The van der Waals surface area contributed by atoms with E-state index in [0.29, 0.717) is 24.4 Å². The highest BCUT2D eigenvalue weighted by Gasteiger charge is 2.31. The summed E-state index contributed by atoms with van der Waals surface area (Å²) in [4.78, 5) is 10.6. The fourth-order valence-electron chi connectivity index (χ4n) is 4.40. The number of hydrogen-bond acceptors (Lipinski definition) is 5. The Kier molecular flexibility index (Phi) is 4.60. The van der Waals surface area contributed by atoms with Gasteiger partial charge < -0.3 is 4.90 Å². The lowest BCUT2D eigenvalue weighted by atomic mass is 10.1. The second-order valence-corrected chi connectivity index (χ2v) is 7.98. The van der Waals surface area contributed by atoms with Gasteiger partial charge in [-0.05, 0) is 36.6 Å². The molecule has 33 heavy (non-hydrogen) atoms. The third-order valence-electron chi connectivity index (χ3n) is 5.97. The van der Waals surface area contributed by atoms with Crippen LogP contribution in [0.5, 0.6) is 0 Å². The predicted molar refractivity (Wildman–Crippen MR) is 119 cm³/mol. The summed E-state index contributed by atoms with van der Waals surface area (Å²) in [5.41, 5.74) is 3.51. The molecular formula is C24H19F2N7. The molecule has 9 heteroatoms. The van der Waals surface area contributed by atoms with Crippen LogP contribution in [0.2, 0.25) is 0 Å². The predicted octanol–water partition coefficient (Wildman–Crippen LogP) is 4.60. The van der Waals surface area contributed by atoms with Crippen LogP contribution in [0, 0.1) is 11.8 Å². The molecular weight excluding hydrogens is 424 g/mol. The fourth-order valence-corrected chi connectivity index (χ4v) is 4.40. The van der Waals surface area contributed by atoms with Gasteiger partial charge in [0.1, 0.15) is 23.0 Å². The summed E-state index contributed by atoms with van der Waals surface area (Å²) in [5, 5.41) is 8.91. The van der Waals surface area contributed by atoms with E-state index in [1.54, 1.807) is 21.6 Å². The topological polar surface area (TPSA) is 64.1 Å². The summed E-state index contributed by atoms with van der Waals surface area (Å²) in [6.45, 7) is 0.675. The highest BCUT2D eigenvalue weighted by Crippen LogP contribution is 2.36. The van der Waals surface area contributed by atoms with E-state index in [4.69, 9.17) is 4.98 Å². The molecule has 5 aromatic rings. The Morgan fingerprint density at radius 2 is 1.76 bits per heavy atom. The average molecular weight is 443 g/mol. The number of halogens is 2. The van der Waals surface area contributed by atoms with Crippen LogP contribution in [0.25, 0.3) is 22.5 Å². The van der Waals surface area contributed by atoms with Gasteiger partial charge in [0.15, 0.2) is 5.65 Å². The van der Waals surface area contributed by atoms with E-state index in [-0.39, 0.29) is 11.7 Å². The molecule has 0 aliphatic carbocycles. The van der Waals surface area contributed by atoms with Crippen molar-refractivity contribution in [2.24, 2.45) is 0 Å². The van der Waals surface area contributed by atoms with Crippen LogP contribution in [0.15, 0.2) is 73.3 Å². The summed E-state index contributed by atoms with van der Waals surface area (Å²) < 4.78 is 31.6. The van der Waals surface area contributed by atoms with Crippen LogP contribution in [-0.4, -0.2) is 35.9 Å². The average Bonchev–Trinajstić information content (AvgIpc) is 3.60. The van der Waals surface area contributed by atoms with Gasteiger partial charge in [-0.15, -0.1) is 0 Å². The van der Waals surface area contributed by atoms with Crippen molar-refractivity contribution in [2.45, 2.75) is 18.9 Å². The first kappa shape index (κ1) is 19.5. The molecule has 0 saturated carbocycles. The number of benzene rings is 1.